The van der Waals surface area contributed by atoms with Crippen molar-refractivity contribution in [2.24, 2.45) is 0 Å². The van der Waals surface area contributed by atoms with Crippen LogP contribution in [0.4, 0.5) is 0 Å². The first kappa shape index (κ1) is 14.2. The van der Waals surface area contributed by atoms with E-state index in [9.17, 15) is 9.90 Å². The van der Waals surface area contributed by atoms with Gasteiger partial charge in [-0.2, -0.15) is 0 Å². The molecule has 1 aromatic heterocycles. The van der Waals surface area contributed by atoms with Crippen molar-refractivity contribution in [3.63, 3.8) is 0 Å². The van der Waals surface area contributed by atoms with E-state index in [1.165, 1.54) is 11.3 Å². The van der Waals surface area contributed by atoms with E-state index in [1.807, 2.05) is 39.0 Å². The molecule has 1 N–H and O–H groups in total. The molecular formula is C14H14BrNO2S. The molecule has 0 radical (unpaired) electrons. The second-order valence-electron chi connectivity index (χ2n) is 4.66. The summed E-state index contributed by atoms with van der Waals surface area (Å²) in [4.78, 5) is 16.1. The summed E-state index contributed by atoms with van der Waals surface area (Å²) in [6.07, 6.45) is 0. The lowest BCUT2D eigenvalue weighted by Gasteiger charge is -2.01. The Balaban J connectivity index is 2.54. The largest absolute Gasteiger partial charge is 0.477 e. The van der Waals surface area contributed by atoms with Gasteiger partial charge in [0.05, 0.1) is 5.69 Å². The monoisotopic (exact) mass is 339 g/mol. The van der Waals surface area contributed by atoms with E-state index in [1.54, 1.807) is 0 Å². The Labute approximate surface area is 124 Å². The number of carbonyl (C=O) groups is 1. The van der Waals surface area contributed by atoms with Gasteiger partial charge in [-0.1, -0.05) is 41.9 Å². The molecule has 0 aliphatic heterocycles. The highest BCUT2D eigenvalue weighted by atomic mass is 79.9. The predicted octanol–water partition coefficient (Wildman–Crippen LogP) is 4.70. The first-order valence-electron chi connectivity index (χ1n) is 5.90. The lowest BCUT2D eigenvalue weighted by atomic mass is 10.1. The van der Waals surface area contributed by atoms with Crippen LogP contribution >= 0.6 is 27.3 Å². The summed E-state index contributed by atoms with van der Waals surface area (Å²) in [5, 5.41) is 9.99. The van der Waals surface area contributed by atoms with Gasteiger partial charge in [0.2, 0.25) is 0 Å². The number of carboxylic acids is 1. The van der Waals surface area contributed by atoms with E-state index >= 15 is 0 Å². The number of hydrogen-bond acceptors (Lipinski definition) is 3. The summed E-state index contributed by atoms with van der Waals surface area (Å²) in [6, 6.07) is 5.94. The first-order valence-corrected chi connectivity index (χ1v) is 7.51. The van der Waals surface area contributed by atoms with Crippen molar-refractivity contribution in [1.29, 1.82) is 0 Å². The van der Waals surface area contributed by atoms with Crippen molar-refractivity contribution in [2.45, 2.75) is 26.7 Å². The Kier molecular flexibility index (Phi) is 4.06. The fourth-order valence-corrected chi connectivity index (χ4v) is 3.16. The molecule has 0 saturated carbocycles. The molecule has 2 rings (SSSR count). The van der Waals surface area contributed by atoms with Gasteiger partial charge in [0.1, 0.15) is 9.88 Å². The summed E-state index contributed by atoms with van der Waals surface area (Å²) in [5.41, 5.74) is 2.74. The quantitative estimate of drug-likeness (QED) is 0.881. The zero-order valence-corrected chi connectivity index (χ0v) is 13.3. The van der Waals surface area contributed by atoms with Crippen LogP contribution < -0.4 is 0 Å². The average Bonchev–Trinajstić information content (AvgIpc) is 2.78. The molecule has 0 amide bonds. The van der Waals surface area contributed by atoms with Crippen LogP contribution in [0.5, 0.6) is 0 Å². The average molecular weight is 340 g/mol. The van der Waals surface area contributed by atoms with Gasteiger partial charge in [-0.25, -0.2) is 9.78 Å². The lowest BCUT2D eigenvalue weighted by molar-refractivity contribution is 0.0700. The maximum atomic E-state index is 11.3. The molecule has 0 spiro atoms. The maximum absolute atomic E-state index is 11.3. The summed E-state index contributed by atoms with van der Waals surface area (Å²) in [6.45, 7) is 5.92. The molecule has 0 bridgehead atoms. The van der Waals surface area contributed by atoms with Gasteiger partial charge in [0.25, 0.3) is 0 Å². The molecule has 0 saturated heterocycles. The van der Waals surface area contributed by atoms with Crippen LogP contribution in [0.25, 0.3) is 10.6 Å². The van der Waals surface area contributed by atoms with Crippen LogP contribution in [-0.2, 0) is 0 Å². The Morgan fingerprint density at radius 1 is 1.42 bits per heavy atom. The van der Waals surface area contributed by atoms with Crippen molar-refractivity contribution in [3.8, 4) is 10.6 Å². The standard InChI is InChI=1S/C14H14BrNO2S/c1-7(2)11-12(14(17)18)19-13(16-11)9-5-4-8(3)10(15)6-9/h4-7H,1-3H3,(H,17,18). The second-order valence-corrected chi connectivity index (χ2v) is 6.51. The third kappa shape index (κ3) is 2.87. The van der Waals surface area contributed by atoms with Crippen molar-refractivity contribution >= 4 is 33.2 Å². The minimum Gasteiger partial charge on any atom is -0.477 e. The van der Waals surface area contributed by atoms with Gasteiger partial charge in [0.15, 0.2) is 0 Å². The summed E-state index contributed by atoms with van der Waals surface area (Å²) in [7, 11) is 0. The Hall–Kier alpha value is -1.20. The van der Waals surface area contributed by atoms with Crippen LogP contribution in [0, 0.1) is 6.92 Å². The van der Waals surface area contributed by atoms with Crippen molar-refractivity contribution in [2.75, 3.05) is 0 Å². The van der Waals surface area contributed by atoms with Crippen molar-refractivity contribution in [1.82, 2.24) is 4.98 Å². The van der Waals surface area contributed by atoms with Gasteiger partial charge in [0, 0.05) is 10.0 Å². The molecule has 0 aliphatic carbocycles. The number of halogens is 1. The fourth-order valence-electron chi connectivity index (χ4n) is 1.73. The van der Waals surface area contributed by atoms with Crippen LogP contribution in [-0.4, -0.2) is 16.1 Å². The maximum Gasteiger partial charge on any atom is 0.347 e. The van der Waals surface area contributed by atoms with Crippen LogP contribution in [0.15, 0.2) is 22.7 Å². The zero-order chi connectivity index (χ0) is 14.2. The summed E-state index contributed by atoms with van der Waals surface area (Å²) < 4.78 is 1.00. The highest BCUT2D eigenvalue weighted by Crippen LogP contribution is 2.33. The van der Waals surface area contributed by atoms with Crippen LogP contribution in [0.1, 0.15) is 40.7 Å². The SMILES string of the molecule is Cc1ccc(-c2nc(C(C)C)c(C(=O)O)s2)cc1Br. The molecule has 0 fully saturated rings. The van der Waals surface area contributed by atoms with Crippen LogP contribution in [0.3, 0.4) is 0 Å². The van der Waals surface area contributed by atoms with Gasteiger partial charge in [-0.05, 0) is 24.5 Å². The molecule has 0 atom stereocenters. The Morgan fingerprint density at radius 2 is 2.11 bits per heavy atom. The predicted molar refractivity (Wildman–Crippen MR) is 81.0 cm³/mol. The highest BCUT2D eigenvalue weighted by Gasteiger charge is 2.20. The van der Waals surface area contributed by atoms with Gasteiger partial charge >= 0.3 is 5.97 Å². The summed E-state index contributed by atoms with van der Waals surface area (Å²) >= 11 is 4.72. The molecule has 2 aromatic rings. The molecule has 100 valence electrons. The third-order valence-corrected chi connectivity index (χ3v) is 4.78. The minimum absolute atomic E-state index is 0.102. The normalized spacial score (nSPS) is 11.0. The second kappa shape index (κ2) is 5.43. The number of rotatable bonds is 3. The highest BCUT2D eigenvalue weighted by molar-refractivity contribution is 9.10. The lowest BCUT2D eigenvalue weighted by Crippen LogP contribution is -2.00. The Morgan fingerprint density at radius 3 is 2.58 bits per heavy atom. The Bertz CT molecular complexity index is 634. The van der Waals surface area contributed by atoms with Gasteiger partial charge < -0.3 is 5.11 Å². The molecule has 19 heavy (non-hydrogen) atoms. The smallest absolute Gasteiger partial charge is 0.347 e. The van der Waals surface area contributed by atoms with E-state index in [-0.39, 0.29) is 5.92 Å². The van der Waals surface area contributed by atoms with Crippen molar-refractivity contribution < 1.29 is 9.90 Å². The van der Waals surface area contributed by atoms with E-state index in [2.05, 4.69) is 20.9 Å². The number of aryl methyl sites for hydroxylation is 1. The third-order valence-electron chi connectivity index (χ3n) is 2.81. The number of aromatic nitrogens is 1. The molecule has 0 unspecified atom stereocenters. The molecular weight excluding hydrogens is 326 g/mol. The molecule has 5 heteroatoms. The molecule has 1 aromatic carbocycles. The number of carboxylic acid groups (broad SMARTS) is 1. The zero-order valence-electron chi connectivity index (χ0n) is 10.9. The van der Waals surface area contributed by atoms with E-state index in [4.69, 9.17) is 0 Å². The topological polar surface area (TPSA) is 50.2 Å². The van der Waals surface area contributed by atoms with Crippen LogP contribution in [0.2, 0.25) is 0 Å². The molecule has 1 heterocycles. The molecule has 3 nitrogen and oxygen atoms in total. The number of aromatic carboxylic acids is 1. The van der Waals surface area contributed by atoms with E-state index in [0.29, 0.717) is 10.6 Å². The number of hydrogen-bond donors (Lipinski definition) is 1. The van der Waals surface area contributed by atoms with Crippen molar-refractivity contribution in [3.05, 3.63) is 38.8 Å². The minimum atomic E-state index is -0.904. The number of thiazole rings is 1. The van der Waals surface area contributed by atoms with E-state index in [0.717, 1.165) is 20.6 Å². The van der Waals surface area contributed by atoms with Gasteiger partial charge in [-0.3, -0.25) is 0 Å². The molecule has 0 aliphatic rings. The first-order chi connectivity index (χ1) is 8.90. The van der Waals surface area contributed by atoms with E-state index < -0.39 is 5.97 Å². The van der Waals surface area contributed by atoms with Gasteiger partial charge in [-0.15, -0.1) is 11.3 Å². The summed E-state index contributed by atoms with van der Waals surface area (Å²) in [5.74, 6) is -0.802. The fraction of sp³-hybridized carbons (Fsp3) is 0.286. The number of nitrogens with zero attached hydrogens (tertiary/aromatic N) is 1. The number of benzene rings is 1.